The second-order valence-electron chi connectivity index (χ2n) is 3.56. The van der Waals surface area contributed by atoms with E-state index in [4.69, 9.17) is 4.74 Å². The van der Waals surface area contributed by atoms with Crippen LogP contribution in [0.5, 0.6) is 0 Å². The zero-order chi connectivity index (χ0) is 10.6. The highest BCUT2D eigenvalue weighted by atomic mass is 16.5. The molecule has 0 bridgehead atoms. The molecule has 2 atom stereocenters. The third kappa shape index (κ3) is 2.10. The van der Waals surface area contributed by atoms with Crippen molar-refractivity contribution in [1.29, 1.82) is 0 Å². The third-order valence-electron chi connectivity index (χ3n) is 2.77. The molecule has 0 N–H and O–H groups in total. The average Bonchev–Trinajstić information content (AvgIpc) is 2.13. The fraction of sp³-hybridized carbons (Fsp3) is 0.700. The Labute approximate surface area is 80.4 Å². The van der Waals surface area contributed by atoms with Gasteiger partial charge in [-0.15, -0.1) is 6.58 Å². The van der Waals surface area contributed by atoms with Gasteiger partial charge in [0.2, 0.25) is 0 Å². The van der Waals surface area contributed by atoms with E-state index in [-0.39, 0.29) is 11.9 Å². The molecule has 0 aromatic carbocycles. The first kappa shape index (κ1) is 12.2. The number of likely N-dealkylation sites (N-methyl/N-ethyl adjacent to an activating group) is 1. The van der Waals surface area contributed by atoms with Crippen molar-refractivity contribution in [1.82, 2.24) is 4.90 Å². The summed E-state index contributed by atoms with van der Waals surface area (Å²) in [5.74, 6) is -0.181. The molecule has 0 aromatic heterocycles. The van der Waals surface area contributed by atoms with Crippen LogP contribution in [-0.4, -0.2) is 37.6 Å². The molecule has 0 saturated heterocycles. The number of methoxy groups -OCH3 is 1. The Morgan fingerprint density at radius 2 is 2.08 bits per heavy atom. The van der Waals surface area contributed by atoms with Crippen LogP contribution in [-0.2, 0) is 9.53 Å². The molecule has 2 unspecified atom stereocenters. The van der Waals surface area contributed by atoms with Crippen LogP contribution in [0.4, 0.5) is 0 Å². The molecule has 0 radical (unpaired) electrons. The smallest absolute Gasteiger partial charge is 0.326 e. The number of rotatable bonds is 4. The molecular formula is C10H19NO2. The molecular weight excluding hydrogens is 166 g/mol. The second-order valence-corrected chi connectivity index (χ2v) is 3.56. The lowest BCUT2D eigenvalue weighted by atomic mass is 9.86. The highest BCUT2D eigenvalue weighted by Crippen LogP contribution is 2.24. The van der Waals surface area contributed by atoms with Crippen LogP contribution in [0.15, 0.2) is 12.7 Å². The van der Waals surface area contributed by atoms with Gasteiger partial charge in [-0.3, -0.25) is 9.69 Å². The lowest BCUT2D eigenvalue weighted by Gasteiger charge is -2.37. The van der Waals surface area contributed by atoms with E-state index in [2.05, 4.69) is 6.58 Å². The van der Waals surface area contributed by atoms with Crippen molar-refractivity contribution in [3.8, 4) is 0 Å². The number of carbonyl (C=O) groups is 1. The largest absolute Gasteiger partial charge is 0.468 e. The molecule has 0 heterocycles. The van der Waals surface area contributed by atoms with Gasteiger partial charge >= 0.3 is 5.97 Å². The zero-order valence-electron chi connectivity index (χ0n) is 9.13. The van der Waals surface area contributed by atoms with Crippen LogP contribution in [0, 0.1) is 5.92 Å². The van der Waals surface area contributed by atoms with Gasteiger partial charge in [-0.25, -0.2) is 0 Å². The Bertz CT molecular complexity index is 201. The molecule has 0 rings (SSSR count). The Balaban J connectivity index is 4.93. The first-order chi connectivity index (χ1) is 5.91. The van der Waals surface area contributed by atoms with Crippen LogP contribution in [0.3, 0.4) is 0 Å². The molecule has 0 fully saturated rings. The summed E-state index contributed by atoms with van der Waals surface area (Å²) >= 11 is 0. The van der Waals surface area contributed by atoms with Crippen LogP contribution in [0.2, 0.25) is 0 Å². The number of esters is 1. The Kier molecular flexibility index (Phi) is 4.14. The van der Waals surface area contributed by atoms with Crippen molar-refractivity contribution in [3.05, 3.63) is 12.7 Å². The van der Waals surface area contributed by atoms with Gasteiger partial charge in [-0.1, -0.05) is 13.0 Å². The number of hydrogen-bond acceptors (Lipinski definition) is 3. The van der Waals surface area contributed by atoms with Gasteiger partial charge in [0.1, 0.15) is 5.54 Å². The summed E-state index contributed by atoms with van der Waals surface area (Å²) in [6.45, 7) is 7.49. The van der Waals surface area contributed by atoms with E-state index < -0.39 is 5.54 Å². The van der Waals surface area contributed by atoms with Gasteiger partial charge in [-0.05, 0) is 21.0 Å². The molecule has 3 heteroatoms. The van der Waals surface area contributed by atoms with E-state index in [0.717, 1.165) is 0 Å². The standard InChI is InChI=1S/C10H19NO2/c1-7-8(2)10(3,11(4)5)9(12)13-6/h7-8H,1H2,2-6H3. The maximum absolute atomic E-state index is 11.6. The van der Waals surface area contributed by atoms with Crippen molar-refractivity contribution in [2.75, 3.05) is 21.2 Å². The van der Waals surface area contributed by atoms with Crippen molar-refractivity contribution in [2.24, 2.45) is 5.92 Å². The summed E-state index contributed by atoms with van der Waals surface area (Å²) in [7, 11) is 5.12. The van der Waals surface area contributed by atoms with Crippen molar-refractivity contribution < 1.29 is 9.53 Å². The van der Waals surface area contributed by atoms with Crippen LogP contribution in [0.25, 0.3) is 0 Å². The van der Waals surface area contributed by atoms with Gasteiger partial charge in [-0.2, -0.15) is 0 Å². The van der Waals surface area contributed by atoms with Gasteiger partial charge in [0.15, 0.2) is 0 Å². The van der Waals surface area contributed by atoms with Gasteiger partial charge in [0, 0.05) is 5.92 Å². The Hall–Kier alpha value is -0.830. The second kappa shape index (κ2) is 4.42. The van der Waals surface area contributed by atoms with Crippen molar-refractivity contribution in [2.45, 2.75) is 19.4 Å². The van der Waals surface area contributed by atoms with Crippen molar-refractivity contribution in [3.63, 3.8) is 0 Å². The topological polar surface area (TPSA) is 29.5 Å². The minimum absolute atomic E-state index is 0.0509. The fourth-order valence-corrected chi connectivity index (χ4v) is 1.21. The molecule has 0 aliphatic carbocycles. The van der Waals surface area contributed by atoms with E-state index in [1.165, 1.54) is 7.11 Å². The average molecular weight is 185 g/mol. The minimum Gasteiger partial charge on any atom is -0.468 e. The summed E-state index contributed by atoms with van der Waals surface area (Å²) in [6.07, 6.45) is 1.76. The highest BCUT2D eigenvalue weighted by molar-refractivity contribution is 5.80. The monoisotopic (exact) mass is 185 g/mol. The van der Waals surface area contributed by atoms with Gasteiger partial charge < -0.3 is 4.74 Å². The molecule has 0 aliphatic heterocycles. The van der Waals surface area contributed by atoms with Crippen LogP contribution >= 0.6 is 0 Å². The number of hydrogen-bond donors (Lipinski definition) is 0. The minimum atomic E-state index is -0.628. The lowest BCUT2D eigenvalue weighted by Crippen LogP contribution is -2.53. The molecule has 76 valence electrons. The molecule has 0 saturated carbocycles. The molecule has 0 aliphatic rings. The van der Waals surface area contributed by atoms with E-state index in [9.17, 15) is 4.79 Å². The molecule has 0 spiro atoms. The number of nitrogens with zero attached hydrogens (tertiary/aromatic N) is 1. The first-order valence-corrected chi connectivity index (χ1v) is 4.29. The quantitative estimate of drug-likeness (QED) is 0.488. The number of carbonyl (C=O) groups excluding carboxylic acids is 1. The maximum Gasteiger partial charge on any atom is 0.326 e. The van der Waals surface area contributed by atoms with E-state index >= 15 is 0 Å². The van der Waals surface area contributed by atoms with E-state index in [0.29, 0.717) is 0 Å². The van der Waals surface area contributed by atoms with E-state index in [1.54, 1.807) is 6.08 Å². The summed E-state index contributed by atoms with van der Waals surface area (Å²) in [6, 6.07) is 0. The molecule has 13 heavy (non-hydrogen) atoms. The predicted molar refractivity (Wildman–Crippen MR) is 53.5 cm³/mol. The normalized spacial score (nSPS) is 17.7. The Morgan fingerprint density at radius 3 is 2.31 bits per heavy atom. The predicted octanol–water partition coefficient (Wildman–Crippen LogP) is 1.30. The summed E-state index contributed by atoms with van der Waals surface area (Å²) in [4.78, 5) is 13.4. The fourth-order valence-electron chi connectivity index (χ4n) is 1.21. The maximum atomic E-state index is 11.6. The SMILES string of the molecule is C=CC(C)C(C)(C(=O)OC)N(C)C. The van der Waals surface area contributed by atoms with Gasteiger partial charge in [0.05, 0.1) is 7.11 Å². The first-order valence-electron chi connectivity index (χ1n) is 4.29. The summed E-state index contributed by atoms with van der Waals surface area (Å²) in [5, 5.41) is 0. The Morgan fingerprint density at radius 1 is 1.62 bits per heavy atom. The van der Waals surface area contributed by atoms with Crippen molar-refractivity contribution >= 4 is 5.97 Å². The summed E-state index contributed by atoms with van der Waals surface area (Å²) in [5.41, 5.74) is -0.628. The zero-order valence-corrected chi connectivity index (χ0v) is 9.13. The van der Waals surface area contributed by atoms with E-state index in [1.807, 2.05) is 32.8 Å². The van der Waals surface area contributed by atoms with Crippen LogP contribution < -0.4 is 0 Å². The molecule has 0 aromatic rings. The highest BCUT2D eigenvalue weighted by Gasteiger charge is 2.40. The lowest BCUT2D eigenvalue weighted by molar-refractivity contribution is -0.154. The van der Waals surface area contributed by atoms with Crippen LogP contribution in [0.1, 0.15) is 13.8 Å². The molecule has 3 nitrogen and oxygen atoms in total. The third-order valence-corrected chi connectivity index (χ3v) is 2.77. The summed E-state index contributed by atoms with van der Waals surface area (Å²) < 4.78 is 4.77. The molecule has 0 amide bonds. The van der Waals surface area contributed by atoms with Gasteiger partial charge in [0.25, 0.3) is 0 Å². The number of ether oxygens (including phenoxy) is 1.